The zero-order valence-electron chi connectivity index (χ0n) is 11.4. The van der Waals surface area contributed by atoms with Crippen LogP contribution < -0.4 is 5.73 Å². The van der Waals surface area contributed by atoms with Crippen molar-refractivity contribution in [3.8, 4) is 0 Å². The number of piperidine rings is 1. The predicted molar refractivity (Wildman–Crippen MR) is 77.5 cm³/mol. The largest absolute Gasteiger partial charge is 0.399 e. The minimum atomic E-state index is -3.91. The minimum Gasteiger partial charge on any atom is -0.399 e. The number of nitrogens with zero attached hydrogens (tertiary/aromatic N) is 1. The van der Waals surface area contributed by atoms with Gasteiger partial charge in [0.25, 0.3) is 0 Å². The van der Waals surface area contributed by atoms with Crippen molar-refractivity contribution in [2.45, 2.75) is 25.2 Å². The standard InChI is InChI=1S/C13H18ClFN2O2S/c1-8-3-9(2)7-17(6-8)20(18,19)12-5-10(16)4-11(14)13(12)15/h4-5,8-9H,3,6-7,16H2,1-2H3. The van der Waals surface area contributed by atoms with E-state index in [4.69, 9.17) is 17.3 Å². The highest BCUT2D eigenvalue weighted by Gasteiger charge is 2.34. The maximum absolute atomic E-state index is 14.0. The first-order valence-electron chi connectivity index (χ1n) is 6.46. The Balaban J connectivity index is 2.45. The van der Waals surface area contributed by atoms with E-state index < -0.39 is 20.7 Å². The lowest BCUT2D eigenvalue weighted by Gasteiger charge is -2.34. The van der Waals surface area contributed by atoms with Gasteiger partial charge in [-0.15, -0.1) is 0 Å². The molecule has 1 aromatic carbocycles. The molecule has 0 spiro atoms. The highest BCUT2D eigenvalue weighted by Crippen LogP contribution is 2.31. The third kappa shape index (κ3) is 2.92. The molecule has 1 aliphatic rings. The lowest BCUT2D eigenvalue weighted by atomic mass is 9.94. The molecule has 0 bridgehead atoms. The zero-order valence-corrected chi connectivity index (χ0v) is 13.0. The van der Waals surface area contributed by atoms with Gasteiger partial charge in [-0.2, -0.15) is 4.31 Å². The molecule has 2 unspecified atom stereocenters. The Hall–Kier alpha value is -0.850. The number of benzene rings is 1. The van der Waals surface area contributed by atoms with Crippen LogP contribution in [0.5, 0.6) is 0 Å². The third-order valence-corrected chi connectivity index (χ3v) is 5.58. The fourth-order valence-electron chi connectivity index (χ4n) is 2.71. The summed E-state index contributed by atoms with van der Waals surface area (Å²) < 4.78 is 40.5. The van der Waals surface area contributed by atoms with E-state index in [0.29, 0.717) is 13.1 Å². The van der Waals surface area contributed by atoms with Crippen LogP contribution in [0.15, 0.2) is 17.0 Å². The molecule has 1 fully saturated rings. The molecule has 1 saturated heterocycles. The highest BCUT2D eigenvalue weighted by atomic mass is 35.5. The molecule has 4 nitrogen and oxygen atoms in total. The summed E-state index contributed by atoms with van der Waals surface area (Å²) in [6.07, 6.45) is 0.964. The van der Waals surface area contributed by atoms with Crippen LogP contribution in [0.1, 0.15) is 20.3 Å². The maximum Gasteiger partial charge on any atom is 0.246 e. The van der Waals surface area contributed by atoms with Crippen LogP contribution in [0.3, 0.4) is 0 Å². The average Bonchev–Trinajstić information content (AvgIpc) is 2.32. The van der Waals surface area contributed by atoms with Crippen LogP contribution >= 0.6 is 11.6 Å². The van der Waals surface area contributed by atoms with Gasteiger partial charge in [0.2, 0.25) is 10.0 Å². The minimum absolute atomic E-state index is 0.132. The van der Waals surface area contributed by atoms with Gasteiger partial charge < -0.3 is 5.73 Å². The molecule has 0 saturated carbocycles. The summed E-state index contributed by atoms with van der Waals surface area (Å²) in [6, 6.07) is 2.33. The summed E-state index contributed by atoms with van der Waals surface area (Å²) in [5.41, 5.74) is 5.71. The van der Waals surface area contributed by atoms with E-state index in [1.54, 1.807) is 0 Å². The number of sulfonamides is 1. The second-order valence-electron chi connectivity index (χ2n) is 5.58. The van der Waals surface area contributed by atoms with Crippen molar-refractivity contribution in [2.75, 3.05) is 18.8 Å². The average molecular weight is 321 g/mol. The number of nitrogen functional groups attached to an aromatic ring is 1. The Morgan fingerprint density at radius 2 is 1.85 bits per heavy atom. The molecule has 112 valence electrons. The molecule has 20 heavy (non-hydrogen) atoms. The van der Waals surface area contributed by atoms with E-state index in [9.17, 15) is 12.8 Å². The van der Waals surface area contributed by atoms with Crippen LogP contribution in [0.4, 0.5) is 10.1 Å². The van der Waals surface area contributed by atoms with Gasteiger partial charge in [0.15, 0.2) is 5.82 Å². The second-order valence-corrected chi connectivity index (χ2v) is 7.90. The van der Waals surface area contributed by atoms with Gasteiger partial charge in [0, 0.05) is 18.8 Å². The summed E-state index contributed by atoms with van der Waals surface area (Å²) in [4.78, 5) is -0.441. The van der Waals surface area contributed by atoms with E-state index in [0.717, 1.165) is 12.5 Å². The van der Waals surface area contributed by atoms with E-state index in [1.807, 2.05) is 13.8 Å². The number of halogens is 2. The van der Waals surface area contributed by atoms with Crippen molar-refractivity contribution in [3.05, 3.63) is 23.0 Å². The molecular weight excluding hydrogens is 303 g/mol. The van der Waals surface area contributed by atoms with Crippen molar-refractivity contribution >= 4 is 27.3 Å². The zero-order chi connectivity index (χ0) is 15.1. The smallest absolute Gasteiger partial charge is 0.246 e. The number of anilines is 1. The molecule has 0 radical (unpaired) electrons. The lowest BCUT2D eigenvalue weighted by Crippen LogP contribution is -2.42. The van der Waals surface area contributed by atoms with Crippen molar-refractivity contribution in [3.63, 3.8) is 0 Å². The Bertz CT molecular complexity index is 611. The Morgan fingerprint density at radius 3 is 2.40 bits per heavy atom. The lowest BCUT2D eigenvalue weighted by molar-refractivity contribution is 0.222. The van der Waals surface area contributed by atoms with Crippen LogP contribution in [0.2, 0.25) is 5.02 Å². The van der Waals surface area contributed by atoms with Crippen LogP contribution in [-0.2, 0) is 10.0 Å². The van der Waals surface area contributed by atoms with Crippen molar-refractivity contribution in [1.29, 1.82) is 0 Å². The SMILES string of the molecule is CC1CC(C)CN(S(=O)(=O)c2cc(N)cc(Cl)c2F)C1. The van der Waals surface area contributed by atoms with Gasteiger partial charge in [-0.3, -0.25) is 0 Å². The Morgan fingerprint density at radius 1 is 1.30 bits per heavy atom. The van der Waals surface area contributed by atoms with Crippen LogP contribution in [-0.4, -0.2) is 25.8 Å². The van der Waals surface area contributed by atoms with Crippen molar-refractivity contribution in [1.82, 2.24) is 4.31 Å². The number of hydrogen-bond acceptors (Lipinski definition) is 3. The van der Waals surface area contributed by atoms with Crippen molar-refractivity contribution in [2.24, 2.45) is 11.8 Å². The molecule has 1 aromatic rings. The normalized spacial score (nSPS) is 24.8. The van der Waals surface area contributed by atoms with E-state index in [1.165, 1.54) is 10.4 Å². The molecule has 1 aliphatic heterocycles. The maximum atomic E-state index is 14.0. The highest BCUT2D eigenvalue weighted by molar-refractivity contribution is 7.89. The van der Waals surface area contributed by atoms with Gasteiger partial charge in [-0.25, -0.2) is 12.8 Å². The molecule has 1 heterocycles. The number of rotatable bonds is 2. The monoisotopic (exact) mass is 320 g/mol. The predicted octanol–water partition coefficient (Wildman–Crippen LogP) is 2.73. The van der Waals surface area contributed by atoms with Gasteiger partial charge >= 0.3 is 0 Å². The van der Waals surface area contributed by atoms with Crippen molar-refractivity contribution < 1.29 is 12.8 Å². The first-order valence-corrected chi connectivity index (χ1v) is 8.28. The summed E-state index contributed by atoms with van der Waals surface area (Å²) in [7, 11) is -3.91. The molecular formula is C13H18ClFN2O2S. The number of nitrogens with two attached hydrogens (primary N) is 1. The molecule has 7 heteroatoms. The molecule has 0 aromatic heterocycles. The molecule has 2 N–H and O–H groups in total. The van der Waals surface area contributed by atoms with Gasteiger partial charge in [0.05, 0.1) is 5.02 Å². The fourth-order valence-corrected chi connectivity index (χ4v) is 4.80. The molecule has 0 aliphatic carbocycles. The topological polar surface area (TPSA) is 63.4 Å². The van der Waals surface area contributed by atoms with E-state index in [2.05, 4.69) is 0 Å². The summed E-state index contributed by atoms with van der Waals surface area (Å²) >= 11 is 5.68. The summed E-state index contributed by atoms with van der Waals surface area (Å²) in [6.45, 7) is 4.75. The van der Waals surface area contributed by atoms with E-state index in [-0.39, 0.29) is 22.5 Å². The van der Waals surface area contributed by atoms with E-state index >= 15 is 0 Å². The second kappa shape index (κ2) is 5.50. The molecule has 0 amide bonds. The third-order valence-electron chi connectivity index (χ3n) is 3.47. The van der Waals surface area contributed by atoms with Gasteiger partial charge in [0.1, 0.15) is 4.90 Å². The Kier molecular flexibility index (Phi) is 4.27. The van der Waals surface area contributed by atoms with Gasteiger partial charge in [-0.1, -0.05) is 25.4 Å². The number of hydrogen-bond donors (Lipinski definition) is 1. The van der Waals surface area contributed by atoms with Crippen LogP contribution in [0, 0.1) is 17.7 Å². The summed E-state index contributed by atoms with van der Waals surface area (Å²) in [5.74, 6) is -0.451. The van der Waals surface area contributed by atoms with Gasteiger partial charge in [-0.05, 0) is 30.4 Å². The first kappa shape index (κ1) is 15.5. The quantitative estimate of drug-likeness (QED) is 0.852. The summed E-state index contributed by atoms with van der Waals surface area (Å²) in [5, 5.41) is -0.276. The molecule has 2 atom stereocenters. The fraction of sp³-hybridized carbons (Fsp3) is 0.538. The molecule has 2 rings (SSSR count). The van der Waals surface area contributed by atoms with Crippen LogP contribution in [0.25, 0.3) is 0 Å². The Labute approximate surface area is 123 Å². The first-order chi connectivity index (χ1) is 9.21.